The van der Waals surface area contributed by atoms with Gasteiger partial charge in [0.2, 0.25) is 11.8 Å². The third kappa shape index (κ3) is 9.00. The predicted octanol–water partition coefficient (Wildman–Crippen LogP) is 8.36. The smallest absolute Gasteiger partial charge is 0.264 e. The normalized spacial score (nSPS) is 12.7. The number of carbonyl (C=O) groups excluding carboxylic acids is 2. The summed E-state index contributed by atoms with van der Waals surface area (Å²) in [5, 5.41) is 3.63. The SMILES string of the molecule is CC[C@@H](C)NC(=O)[C@H](Cc1ccccc1)N(Cc1c(Cl)cccc1Cl)C(=O)CN(c1cccc(Cl)c1Cl)S(=O)(=O)c1ccc(C)cc1. The number of hydrogen-bond donors (Lipinski definition) is 1. The molecule has 0 aliphatic carbocycles. The van der Waals surface area contributed by atoms with Crippen LogP contribution in [-0.4, -0.2) is 43.8 Å². The summed E-state index contributed by atoms with van der Waals surface area (Å²) >= 11 is 26.0. The number of benzene rings is 4. The lowest BCUT2D eigenvalue weighted by Gasteiger charge is -2.35. The molecule has 12 heteroatoms. The maximum absolute atomic E-state index is 14.7. The predicted molar refractivity (Wildman–Crippen MR) is 191 cm³/mol. The van der Waals surface area contributed by atoms with Crippen molar-refractivity contribution in [2.45, 2.75) is 57.1 Å². The molecule has 0 aliphatic heterocycles. The van der Waals surface area contributed by atoms with Crippen LogP contribution in [-0.2, 0) is 32.6 Å². The van der Waals surface area contributed by atoms with E-state index in [1.54, 1.807) is 36.4 Å². The molecule has 0 heterocycles. The molecule has 2 amide bonds. The van der Waals surface area contributed by atoms with E-state index >= 15 is 0 Å². The van der Waals surface area contributed by atoms with Gasteiger partial charge in [-0.25, -0.2) is 8.42 Å². The molecule has 248 valence electrons. The van der Waals surface area contributed by atoms with E-state index in [1.165, 1.54) is 29.2 Å². The molecule has 0 radical (unpaired) electrons. The first kappa shape index (κ1) is 36.6. The van der Waals surface area contributed by atoms with E-state index in [4.69, 9.17) is 46.4 Å². The summed E-state index contributed by atoms with van der Waals surface area (Å²) in [7, 11) is -4.37. The highest BCUT2D eigenvalue weighted by Crippen LogP contribution is 2.36. The van der Waals surface area contributed by atoms with Crippen LogP contribution in [0.1, 0.15) is 37.0 Å². The lowest BCUT2D eigenvalue weighted by Crippen LogP contribution is -2.54. The summed E-state index contributed by atoms with van der Waals surface area (Å²) < 4.78 is 29.4. The Bertz CT molecular complexity index is 1800. The van der Waals surface area contributed by atoms with Crippen molar-refractivity contribution < 1.29 is 18.0 Å². The monoisotopic (exact) mass is 733 g/mol. The van der Waals surface area contributed by atoms with E-state index in [0.29, 0.717) is 12.0 Å². The summed E-state index contributed by atoms with van der Waals surface area (Å²) in [5.41, 5.74) is 2.06. The second-order valence-corrected chi connectivity index (χ2v) is 14.6. The highest BCUT2D eigenvalue weighted by molar-refractivity contribution is 7.92. The van der Waals surface area contributed by atoms with Gasteiger partial charge in [0.25, 0.3) is 10.0 Å². The molecule has 4 aromatic carbocycles. The number of nitrogens with one attached hydrogen (secondary N) is 1. The van der Waals surface area contributed by atoms with Gasteiger partial charge in [-0.2, -0.15) is 0 Å². The van der Waals surface area contributed by atoms with E-state index in [2.05, 4.69) is 5.32 Å². The van der Waals surface area contributed by atoms with Crippen LogP contribution in [0, 0.1) is 6.92 Å². The highest BCUT2D eigenvalue weighted by Gasteiger charge is 2.36. The number of amides is 2. The molecule has 0 bridgehead atoms. The Kier molecular flexibility index (Phi) is 12.6. The maximum Gasteiger partial charge on any atom is 0.264 e. The van der Waals surface area contributed by atoms with Crippen molar-refractivity contribution in [1.82, 2.24) is 10.2 Å². The summed E-state index contributed by atoms with van der Waals surface area (Å²) in [4.78, 5) is 29.9. The van der Waals surface area contributed by atoms with Crippen molar-refractivity contribution in [2.75, 3.05) is 10.8 Å². The number of rotatable bonds is 13. The van der Waals surface area contributed by atoms with Gasteiger partial charge in [-0.3, -0.25) is 13.9 Å². The Morgan fingerprint density at radius 2 is 1.40 bits per heavy atom. The molecule has 47 heavy (non-hydrogen) atoms. The second-order valence-electron chi connectivity index (χ2n) is 11.1. The molecule has 2 atom stereocenters. The van der Waals surface area contributed by atoms with Crippen LogP contribution in [0.2, 0.25) is 20.1 Å². The molecular weight excluding hydrogens is 700 g/mol. The quantitative estimate of drug-likeness (QED) is 0.150. The average molecular weight is 736 g/mol. The van der Waals surface area contributed by atoms with Gasteiger partial charge >= 0.3 is 0 Å². The topological polar surface area (TPSA) is 86.8 Å². The third-order valence-corrected chi connectivity index (χ3v) is 11.0. The lowest BCUT2D eigenvalue weighted by atomic mass is 10.0. The van der Waals surface area contributed by atoms with Crippen LogP contribution in [0.3, 0.4) is 0 Å². The first-order valence-corrected chi connectivity index (χ1v) is 17.9. The van der Waals surface area contributed by atoms with Crippen molar-refractivity contribution in [1.29, 1.82) is 0 Å². The van der Waals surface area contributed by atoms with Crippen LogP contribution in [0.4, 0.5) is 5.69 Å². The Hall–Kier alpha value is -3.27. The highest BCUT2D eigenvalue weighted by atomic mass is 35.5. The summed E-state index contributed by atoms with van der Waals surface area (Å²) in [6.45, 7) is 4.75. The van der Waals surface area contributed by atoms with Gasteiger partial charge in [0.1, 0.15) is 12.6 Å². The molecule has 0 aromatic heterocycles. The van der Waals surface area contributed by atoms with E-state index < -0.39 is 34.4 Å². The van der Waals surface area contributed by atoms with Crippen molar-refractivity contribution >= 4 is 73.9 Å². The van der Waals surface area contributed by atoms with Gasteiger partial charge < -0.3 is 10.2 Å². The standard InChI is InChI=1S/C35H35Cl4N3O4S/c1-4-24(3)40-35(44)32(20-25-10-6-5-7-11-25)41(21-27-28(36)12-8-13-29(27)37)33(43)22-42(31-15-9-14-30(38)34(31)39)47(45,46)26-18-16-23(2)17-19-26/h5-19,24,32H,4,20-22H2,1-3H3,(H,40,44)/t24-,32+/m1/s1. The Labute approximate surface area is 296 Å². The number of anilines is 1. The van der Waals surface area contributed by atoms with Crippen LogP contribution in [0.25, 0.3) is 0 Å². The van der Waals surface area contributed by atoms with Crippen LogP contribution in [0.5, 0.6) is 0 Å². The molecule has 0 aliphatic rings. The van der Waals surface area contributed by atoms with Crippen molar-refractivity contribution in [3.63, 3.8) is 0 Å². The summed E-state index contributed by atoms with van der Waals surface area (Å²) in [6.07, 6.45) is 0.795. The van der Waals surface area contributed by atoms with E-state index in [1.807, 2.05) is 51.1 Å². The van der Waals surface area contributed by atoms with E-state index in [-0.39, 0.29) is 49.7 Å². The first-order valence-electron chi connectivity index (χ1n) is 14.9. The summed E-state index contributed by atoms with van der Waals surface area (Å²) in [5.74, 6) is -1.10. The first-order chi connectivity index (χ1) is 22.3. The molecule has 0 fully saturated rings. The molecule has 0 unspecified atom stereocenters. The van der Waals surface area contributed by atoms with Gasteiger partial charge in [0.15, 0.2) is 0 Å². The second kappa shape index (κ2) is 16.2. The molecule has 0 saturated carbocycles. The van der Waals surface area contributed by atoms with Crippen LogP contribution < -0.4 is 9.62 Å². The van der Waals surface area contributed by atoms with E-state index in [0.717, 1.165) is 15.4 Å². The molecule has 4 aromatic rings. The average Bonchev–Trinajstić information content (AvgIpc) is 3.04. The van der Waals surface area contributed by atoms with Gasteiger partial charge in [-0.1, -0.05) is 113 Å². The molecule has 7 nitrogen and oxygen atoms in total. The number of nitrogens with zero attached hydrogens (tertiary/aromatic N) is 2. The number of aryl methyl sites for hydroxylation is 1. The molecule has 4 rings (SSSR count). The van der Waals surface area contributed by atoms with Gasteiger partial charge in [-0.05, 0) is 62.2 Å². The zero-order valence-corrected chi connectivity index (χ0v) is 29.9. The van der Waals surface area contributed by atoms with Crippen molar-refractivity contribution in [3.8, 4) is 0 Å². The lowest BCUT2D eigenvalue weighted by molar-refractivity contribution is -0.140. The minimum atomic E-state index is -4.37. The molecular formula is C35H35Cl4N3O4S. The van der Waals surface area contributed by atoms with E-state index in [9.17, 15) is 18.0 Å². The fourth-order valence-corrected chi connectivity index (χ4v) is 7.28. The number of carbonyl (C=O) groups is 2. The number of halogens is 4. The summed E-state index contributed by atoms with van der Waals surface area (Å²) in [6, 6.07) is 23.7. The van der Waals surface area contributed by atoms with Gasteiger partial charge in [-0.15, -0.1) is 0 Å². The molecule has 0 spiro atoms. The zero-order chi connectivity index (χ0) is 34.3. The minimum absolute atomic E-state index is 0.00693. The van der Waals surface area contributed by atoms with Crippen LogP contribution >= 0.6 is 46.4 Å². The fraction of sp³-hybridized carbons (Fsp3) is 0.257. The number of sulfonamides is 1. The largest absolute Gasteiger partial charge is 0.352 e. The van der Waals surface area contributed by atoms with Crippen molar-refractivity contribution in [3.05, 3.63) is 128 Å². The van der Waals surface area contributed by atoms with Gasteiger partial charge in [0, 0.05) is 34.6 Å². The van der Waals surface area contributed by atoms with Crippen molar-refractivity contribution in [2.24, 2.45) is 0 Å². The Balaban J connectivity index is 1.87. The third-order valence-electron chi connectivity index (χ3n) is 7.75. The Morgan fingerprint density at radius 3 is 2.02 bits per heavy atom. The van der Waals surface area contributed by atoms with Crippen LogP contribution in [0.15, 0.2) is 95.9 Å². The zero-order valence-electron chi connectivity index (χ0n) is 26.1. The molecule has 1 N–H and O–H groups in total. The Morgan fingerprint density at radius 1 is 0.809 bits per heavy atom. The minimum Gasteiger partial charge on any atom is -0.352 e. The fourth-order valence-electron chi connectivity index (χ4n) is 4.88. The maximum atomic E-state index is 14.7. The molecule has 0 saturated heterocycles. The number of hydrogen-bond acceptors (Lipinski definition) is 4. The van der Waals surface area contributed by atoms with Gasteiger partial charge in [0.05, 0.1) is 20.6 Å².